The van der Waals surface area contributed by atoms with E-state index >= 15 is 0 Å². The number of aromatic hydroxyl groups is 1. The fraction of sp³-hybridized carbons (Fsp3) is 0.182. The standard InChI is InChI=1S/C11H11NO2/c1-7-8(2)14-11(12-7)9-4-3-5-10(13)6-9/h3-6,13H,1-2H3. The van der Waals surface area contributed by atoms with Crippen molar-refractivity contribution < 1.29 is 9.52 Å². The molecule has 0 bridgehead atoms. The van der Waals surface area contributed by atoms with Gasteiger partial charge < -0.3 is 9.52 Å². The van der Waals surface area contributed by atoms with Gasteiger partial charge in [0.2, 0.25) is 5.89 Å². The fourth-order valence-electron chi connectivity index (χ4n) is 1.24. The SMILES string of the molecule is Cc1nc(-c2cccc(O)c2)oc1C. The van der Waals surface area contributed by atoms with Crippen LogP contribution in [-0.4, -0.2) is 10.1 Å². The largest absolute Gasteiger partial charge is 0.508 e. The molecule has 3 heteroatoms. The lowest BCUT2D eigenvalue weighted by molar-refractivity contribution is 0.474. The molecule has 0 aliphatic heterocycles. The summed E-state index contributed by atoms with van der Waals surface area (Å²) < 4.78 is 5.43. The number of aromatic nitrogens is 1. The van der Waals surface area contributed by atoms with Crippen molar-refractivity contribution in [3.05, 3.63) is 35.7 Å². The first-order chi connectivity index (χ1) is 6.66. The second kappa shape index (κ2) is 3.18. The lowest BCUT2D eigenvalue weighted by Gasteiger charge is -1.95. The average molecular weight is 189 g/mol. The molecular weight excluding hydrogens is 178 g/mol. The molecule has 1 heterocycles. The maximum atomic E-state index is 9.28. The third kappa shape index (κ3) is 1.48. The topological polar surface area (TPSA) is 46.3 Å². The molecule has 2 aromatic rings. The Morgan fingerprint density at radius 3 is 2.64 bits per heavy atom. The van der Waals surface area contributed by atoms with E-state index in [1.807, 2.05) is 19.9 Å². The molecular formula is C11H11NO2. The van der Waals surface area contributed by atoms with Crippen LogP contribution in [0.2, 0.25) is 0 Å². The van der Waals surface area contributed by atoms with E-state index in [1.165, 1.54) is 0 Å². The summed E-state index contributed by atoms with van der Waals surface area (Å²) in [6.45, 7) is 3.76. The van der Waals surface area contributed by atoms with Crippen LogP contribution in [0.1, 0.15) is 11.5 Å². The van der Waals surface area contributed by atoms with Crippen LogP contribution in [-0.2, 0) is 0 Å². The van der Waals surface area contributed by atoms with E-state index < -0.39 is 0 Å². The van der Waals surface area contributed by atoms with E-state index in [-0.39, 0.29) is 5.75 Å². The van der Waals surface area contributed by atoms with Crippen molar-refractivity contribution in [3.8, 4) is 17.2 Å². The van der Waals surface area contributed by atoms with Gasteiger partial charge in [0.05, 0.1) is 5.69 Å². The van der Waals surface area contributed by atoms with E-state index in [0.29, 0.717) is 5.89 Å². The van der Waals surface area contributed by atoms with Gasteiger partial charge in [0.15, 0.2) is 0 Å². The Bertz CT molecular complexity index is 441. The number of oxazole rings is 1. The Hall–Kier alpha value is -1.77. The molecule has 0 aliphatic rings. The maximum absolute atomic E-state index is 9.28. The lowest BCUT2D eigenvalue weighted by atomic mass is 10.2. The van der Waals surface area contributed by atoms with Gasteiger partial charge in [-0.1, -0.05) is 6.07 Å². The molecule has 1 N–H and O–H groups in total. The zero-order valence-electron chi connectivity index (χ0n) is 8.11. The summed E-state index contributed by atoms with van der Waals surface area (Å²) in [7, 11) is 0. The first-order valence-electron chi connectivity index (χ1n) is 4.40. The summed E-state index contributed by atoms with van der Waals surface area (Å²) in [5.41, 5.74) is 1.67. The van der Waals surface area contributed by atoms with E-state index in [0.717, 1.165) is 17.0 Å². The van der Waals surface area contributed by atoms with E-state index in [9.17, 15) is 5.11 Å². The van der Waals surface area contributed by atoms with Gasteiger partial charge in [0, 0.05) is 5.56 Å². The first-order valence-corrected chi connectivity index (χ1v) is 4.40. The molecule has 0 saturated heterocycles. The number of nitrogens with zero attached hydrogens (tertiary/aromatic N) is 1. The molecule has 0 amide bonds. The molecule has 1 aromatic heterocycles. The van der Waals surface area contributed by atoms with Crippen molar-refractivity contribution in [3.63, 3.8) is 0 Å². The van der Waals surface area contributed by atoms with Gasteiger partial charge in [-0.2, -0.15) is 0 Å². The molecule has 3 nitrogen and oxygen atoms in total. The monoisotopic (exact) mass is 189 g/mol. The molecule has 0 saturated carbocycles. The smallest absolute Gasteiger partial charge is 0.226 e. The quantitative estimate of drug-likeness (QED) is 0.750. The van der Waals surface area contributed by atoms with Crippen molar-refractivity contribution in [1.82, 2.24) is 4.98 Å². The summed E-state index contributed by atoms with van der Waals surface area (Å²) in [5.74, 6) is 1.58. The second-order valence-electron chi connectivity index (χ2n) is 3.21. The van der Waals surface area contributed by atoms with E-state index in [1.54, 1.807) is 18.2 Å². The highest BCUT2D eigenvalue weighted by atomic mass is 16.4. The number of rotatable bonds is 1. The molecule has 0 unspecified atom stereocenters. The zero-order valence-corrected chi connectivity index (χ0v) is 8.11. The molecule has 14 heavy (non-hydrogen) atoms. The van der Waals surface area contributed by atoms with Crippen LogP contribution in [0.15, 0.2) is 28.7 Å². The van der Waals surface area contributed by atoms with E-state index in [4.69, 9.17) is 4.42 Å². The van der Waals surface area contributed by atoms with Crippen molar-refractivity contribution >= 4 is 0 Å². The maximum Gasteiger partial charge on any atom is 0.226 e. The second-order valence-corrected chi connectivity index (χ2v) is 3.21. The van der Waals surface area contributed by atoms with Crippen LogP contribution < -0.4 is 0 Å². The Morgan fingerprint density at radius 1 is 1.29 bits per heavy atom. The minimum absolute atomic E-state index is 0.219. The lowest BCUT2D eigenvalue weighted by Crippen LogP contribution is -1.77. The summed E-state index contributed by atoms with van der Waals surface area (Å²) in [6, 6.07) is 6.86. The Kier molecular flexibility index (Phi) is 2.00. The van der Waals surface area contributed by atoms with Gasteiger partial charge >= 0.3 is 0 Å². The summed E-state index contributed by atoms with van der Waals surface area (Å²) in [4.78, 5) is 4.24. The van der Waals surface area contributed by atoms with Crippen LogP contribution in [0.25, 0.3) is 11.5 Å². The average Bonchev–Trinajstić information content (AvgIpc) is 2.47. The zero-order chi connectivity index (χ0) is 10.1. The summed E-state index contributed by atoms with van der Waals surface area (Å²) in [6.07, 6.45) is 0. The van der Waals surface area contributed by atoms with Gasteiger partial charge in [0.25, 0.3) is 0 Å². The number of phenols is 1. The number of benzene rings is 1. The number of hydrogen-bond acceptors (Lipinski definition) is 3. The minimum Gasteiger partial charge on any atom is -0.508 e. The highest BCUT2D eigenvalue weighted by Gasteiger charge is 2.07. The highest BCUT2D eigenvalue weighted by molar-refractivity contribution is 5.56. The molecule has 0 aliphatic carbocycles. The fourth-order valence-corrected chi connectivity index (χ4v) is 1.24. The van der Waals surface area contributed by atoms with Crippen LogP contribution in [0, 0.1) is 13.8 Å². The third-order valence-corrected chi connectivity index (χ3v) is 2.12. The molecule has 0 radical (unpaired) electrons. The van der Waals surface area contributed by atoms with Crippen LogP contribution in [0.3, 0.4) is 0 Å². The van der Waals surface area contributed by atoms with Crippen molar-refractivity contribution in [2.45, 2.75) is 13.8 Å². The van der Waals surface area contributed by atoms with Crippen molar-refractivity contribution in [2.75, 3.05) is 0 Å². The van der Waals surface area contributed by atoms with Gasteiger partial charge in [-0.3, -0.25) is 0 Å². The Labute approximate surface area is 82.0 Å². The van der Waals surface area contributed by atoms with Gasteiger partial charge in [-0.25, -0.2) is 4.98 Å². The molecule has 2 rings (SSSR count). The van der Waals surface area contributed by atoms with Gasteiger partial charge in [-0.15, -0.1) is 0 Å². The number of aryl methyl sites for hydroxylation is 2. The van der Waals surface area contributed by atoms with Crippen LogP contribution in [0.5, 0.6) is 5.75 Å². The minimum atomic E-state index is 0.219. The number of phenolic OH excluding ortho intramolecular Hbond substituents is 1. The third-order valence-electron chi connectivity index (χ3n) is 2.12. The van der Waals surface area contributed by atoms with Gasteiger partial charge in [-0.05, 0) is 32.0 Å². The Balaban J connectivity index is 2.49. The molecule has 0 spiro atoms. The summed E-state index contributed by atoms with van der Waals surface area (Å²) in [5, 5.41) is 9.28. The van der Waals surface area contributed by atoms with Crippen LogP contribution >= 0.6 is 0 Å². The van der Waals surface area contributed by atoms with Gasteiger partial charge in [0.1, 0.15) is 11.5 Å². The molecule has 1 aromatic carbocycles. The van der Waals surface area contributed by atoms with Crippen molar-refractivity contribution in [2.24, 2.45) is 0 Å². The predicted molar refractivity (Wildman–Crippen MR) is 53.1 cm³/mol. The molecule has 72 valence electrons. The Morgan fingerprint density at radius 2 is 2.07 bits per heavy atom. The van der Waals surface area contributed by atoms with E-state index in [2.05, 4.69) is 4.98 Å². The molecule has 0 atom stereocenters. The van der Waals surface area contributed by atoms with Crippen LogP contribution in [0.4, 0.5) is 0 Å². The highest BCUT2D eigenvalue weighted by Crippen LogP contribution is 2.23. The number of hydrogen-bond donors (Lipinski definition) is 1. The normalized spacial score (nSPS) is 10.4. The first kappa shape index (κ1) is 8.81. The summed E-state index contributed by atoms with van der Waals surface area (Å²) >= 11 is 0. The predicted octanol–water partition coefficient (Wildman–Crippen LogP) is 2.66. The van der Waals surface area contributed by atoms with Crippen molar-refractivity contribution in [1.29, 1.82) is 0 Å². The molecule has 0 fully saturated rings.